The van der Waals surface area contributed by atoms with Gasteiger partial charge in [0.25, 0.3) is 0 Å². The van der Waals surface area contributed by atoms with E-state index in [1.807, 2.05) is 50.2 Å². The van der Waals surface area contributed by atoms with Gasteiger partial charge in [-0.3, -0.25) is 0 Å². The van der Waals surface area contributed by atoms with Crippen LogP contribution in [0.25, 0.3) is 0 Å². The predicted molar refractivity (Wildman–Crippen MR) is 89.0 cm³/mol. The smallest absolute Gasteiger partial charge is 0.126 e. The lowest BCUT2D eigenvalue weighted by Gasteiger charge is -2.19. The van der Waals surface area contributed by atoms with Crippen molar-refractivity contribution in [1.29, 1.82) is 0 Å². The lowest BCUT2D eigenvalue weighted by molar-refractivity contribution is 0.614. The highest BCUT2D eigenvalue weighted by atomic mass is 35.5. The van der Waals surface area contributed by atoms with Gasteiger partial charge in [0.1, 0.15) is 5.82 Å². The number of rotatable bonds is 4. The van der Waals surface area contributed by atoms with Crippen molar-refractivity contribution < 1.29 is 4.39 Å². The van der Waals surface area contributed by atoms with Crippen LogP contribution in [-0.4, -0.2) is 14.1 Å². The van der Waals surface area contributed by atoms with Crippen molar-refractivity contribution in [3.63, 3.8) is 0 Å². The second-order valence-electron chi connectivity index (χ2n) is 5.44. The molecular weight excluding hydrogens is 287 g/mol. The summed E-state index contributed by atoms with van der Waals surface area (Å²) in [5.41, 5.74) is 3.45. The van der Waals surface area contributed by atoms with Gasteiger partial charge in [0.2, 0.25) is 0 Å². The number of aryl methyl sites for hydroxylation is 1. The second kappa shape index (κ2) is 6.35. The summed E-state index contributed by atoms with van der Waals surface area (Å²) in [6.07, 6.45) is 0. The number of hydrogen-bond donors (Lipinski definition) is 1. The van der Waals surface area contributed by atoms with Crippen LogP contribution in [0.5, 0.6) is 0 Å². The SMILES string of the molecule is Cc1ccc(C(C)Nc2ccc(N(C)C)c(Cl)c2)cc1F. The van der Waals surface area contributed by atoms with Crippen LogP contribution >= 0.6 is 11.6 Å². The maximum Gasteiger partial charge on any atom is 0.126 e. The maximum absolute atomic E-state index is 13.6. The molecule has 4 heteroatoms. The molecule has 0 amide bonds. The van der Waals surface area contributed by atoms with Crippen LogP contribution in [0.1, 0.15) is 24.1 Å². The van der Waals surface area contributed by atoms with E-state index in [9.17, 15) is 4.39 Å². The summed E-state index contributed by atoms with van der Waals surface area (Å²) in [7, 11) is 3.90. The molecule has 0 radical (unpaired) electrons. The molecule has 1 atom stereocenters. The van der Waals surface area contributed by atoms with Crippen LogP contribution in [-0.2, 0) is 0 Å². The lowest BCUT2D eigenvalue weighted by atomic mass is 10.1. The van der Waals surface area contributed by atoms with Crippen LogP contribution in [0.3, 0.4) is 0 Å². The third-order valence-corrected chi connectivity index (χ3v) is 3.81. The number of nitrogens with one attached hydrogen (secondary N) is 1. The van der Waals surface area contributed by atoms with E-state index in [-0.39, 0.29) is 11.9 Å². The summed E-state index contributed by atoms with van der Waals surface area (Å²) in [4.78, 5) is 1.96. The Hall–Kier alpha value is -1.74. The second-order valence-corrected chi connectivity index (χ2v) is 5.84. The third kappa shape index (κ3) is 3.67. The summed E-state index contributed by atoms with van der Waals surface area (Å²) in [5, 5.41) is 4.03. The fourth-order valence-electron chi connectivity index (χ4n) is 2.17. The van der Waals surface area contributed by atoms with E-state index in [0.717, 1.165) is 16.9 Å². The van der Waals surface area contributed by atoms with Gasteiger partial charge in [0.15, 0.2) is 0 Å². The van der Waals surface area contributed by atoms with E-state index >= 15 is 0 Å². The van der Waals surface area contributed by atoms with Crippen LogP contribution < -0.4 is 10.2 Å². The van der Waals surface area contributed by atoms with Crippen LogP contribution in [0.15, 0.2) is 36.4 Å². The van der Waals surface area contributed by atoms with Gasteiger partial charge in [-0.2, -0.15) is 0 Å². The van der Waals surface area contributed by atoms with Crippen LogP contribution in [0, 0.1) is 12.7 Å². The predicted octanol–water partition coefficient (Wildman–Crippen LogP) is 5.03. The van der Waals surface area contributed by atoms with Crippen molar-refractivity contribution in [2.24, 2.45) is 0 Å². The van der Waals surface area contributed by atoms with Gasteiger partial charge in [-0.25, -0.2) is 4.39 Å². The standard InChI is InChI=1S/C17H20ClFN2/c1-11-5-6-13(9-16(11)19)12(2)20-14-7-8-17(21(3)4)15(18)10-14/h5-10,12,20H,1-4H3. The summed E-state index contributed by atoms with van der Waals surface area (Å²) in [6, 6.07) is 11.1. The van der Waals surface area contributed by atoms with Gasteiger partial charge in [0.05, 0.1) is 10.7 Å². The molecule has 2 rings (SSSR count). The van der Waals surface area contributed by atoms with Gasteiger partial charge in [0, 0.05) is 25.8 Å². The van der Waals surface area contributed by atoms with E-state index in [2.05, 4.69) is 5.32 Å². The highest BCUT2D eigenvalue weighted by molar-refractivity contribution is 6.33. The minimum absolute atomic E-state index is 0.00127. The Kier molecular flexibility index (Phi) is 4.73. The molecule has 0 heterocycles. The molecule has 21 heavy (non-hydrogen) atoms. The Morgan fingerprint density at radius 1 is 1.14 bits per heavy atom. The van der Waals surface area contributed by atoms with Gasteiger partial charge >= 0.3 is 0 Å². The van der Waals surface area contributed by atoms with Gasteiger partial charge in [-0.1, -0.05) is 23.7 Å². The quantitative estimate of drug-likeness (QED) is 0.852. The monoisotopic (exact) mass is 306 g/mol. The molecule has 0 aliphatic rings. The molecule has 0 saturated heterocycles. The Balaban J connectivity index is 2.17. The molecule has 0 saturated carbocycles. The van der Waals surface area contributed by atoms with Crippen molar-refractivity contribution in [3.05, 3.63) is 58.4 Å². The average molecular weight is 307 g/mol. The minimum Gasteiger partial charge on any atom is -0.378 e. The molecule has 2 aromatic rings. The number of anilines is 2. The van der Waals surface area contributed by atoms with E-state index in [1.165, 1.54) is 0 Å². The van der Waals surface area contributed by atoms with Crippen molar-refractivity contribution in [2.75, 3.05) is 24.3 Å². The van der Waals surface area contributed by atoms with Crippen LogP contribution in [0.2, 0.25) is 5.02 Å². The molecule has 0 aromatic heterocycles. The fraction of sp³-hybridized carbons (Fsp3) is 0.294. The third-order valence-electron chi connectivity index (χ3n) is 3.51. The molecule has 2 aromatic carbocycles. The van der Waals surface area contributed by atoms with E-state index in [0.29, 0.717) is 10.6 Å². The Morgan fingerprint density at radius 2 is 1.86 bits per heavy atom. The van der Waals surface area contributed by atoms with E-state index < -0.39 is 0 Å². The first-order chi connectivity index (χ1) is 9.88. The molecule has 1 unspecified atom stereocenters. The highest BCUT2D eigenvalue weighted by Crippen LogP contribution is 2.29. The van der Waals surface area contributed by atoms with E-state index in [4.69, 9.17) is 11.6 Å². The van der Waals surface area contributed by atoms with Crippen molar-refractivity contribution in [1.82, 2.24) is 0 Å². The topological polar surface area (TPSA) is 15.3 Å². The van der Waals surface area contributed by atoms with Gasteiger partial charge < -0.3 is 10.2 Å². The number of nitrogens with zero attached hydrogens (tertiary/aromatic N) is 1. The van der Waals surface area contributed by atoms with Crippen molar-refractivity contribution in [3.8, 4) is 0 Å². The normalized spacial score (nSPS) is 12.1. The summed E-state index contributed by atoms with van der Waals surface area (Å²) < 4.78 is 13.6. The number of halogens is 2. The number of hydrogen-bond acceptors (Lipinski definition) is 2. The summed E-state index contributed by atoms with van der Waals surface area (Å²) in [5.74, 6) is -0.179. The Labute approximate surface area is 130 Å². The molecule has 0 aliphatic heterocycles. The molecule has 0 bridgehead atoms. The first-order valence-electron chi connectivity index (χ1n) is 6.88. The Bertz CT molecular complexity index is 641. The zero-order valence-corrected chi connectivity index (χ0v) is 13.5. The summed E-state index contributed by atoms with van der Waals surface area (Å²) >= 11 is 6.26. The van der Waals surface area contributed by atoms with Gasteiger partial charge in [-0.15, -0.1) is 0 Å². The molecule has 2 nitrogen and oxygen atoms in total. The van der Waals surface area contributed by atoms with Crippen molar-refractivity contribution >= 4 is 23.0 Å². The molecule has 0 fully saturated rings. The minimum atomic E-state index is -0.179. The van der Waals surface area contributed by atoms with Crippen LogP contribution in [0.4, 0.5) is 15.8 Å². The summed E-state index contributed by atoms with van der Waals surface area (Å²) in [6.45, 7) is 3.76. The highest BCUT2D eigenvalue weighted by Gasteiger charge is 2.09. The molecule has 1 N–H and O–H groups in total. The molecule has 112 valence electrons. The zero-order valence-electron chi connectivity index (χ0n) is 12.7. The van der Waals surface area contributed by atoms with Crippen molar-refractivity contribution in [2.45, 2.75) is 19.9 Å². The fourth-order valence-corrected chi connectivity index (χ4v) is 2.52. The maximum atomic E-state index is 13.6. The lowest BCUT2D eigenvalue weighted by Crippen LogP contribution is -2.10. The average Bonchev–Trinajstić information content (AvgIpc) is 2.41. The van der Waals surface area contributed by atoms with E-state index in [1.54, 1.807) is 19.1 Å². The first kappa shape index (κ1) is 15.6. The Morgan fingerprint density at radius 3 is 2.43 bits per heavy atom. The first-order valence-corrected chi connectivity index (χ1v) is 7.25. The molecule has 0 spiro atoms. The molecular formula is C17H20ClFN2. The zero-order chi connectivity index (χ0) is 15.6. The largest absolute Gasteiger partial charge is 0.378 e. The van der Waals surface area contributed by atoms with Gasteiger partial charge in [-0.05, 0) is 49.2 Å². The molecule has 0 aliphatic carbocycles. The number of benzene rings is 2.